The zero-order chi connectivity index (χ0) is 23.2. The fraction of sp³-hybridized carbons (Fsp3) is 0.174. The van der Waals surface area contributed by atoms with E-state index in [-0.39, 0.29) is 24.3 Å². The minimum atomic E-state index is -0.592. The lowest BCUT2D eigenvalue weighted by Crippen LogP contribution is -2.18. The number of nitrogens with two attached hydrogens (primary N) is 1. The van der Waals surface area contributed by atoms with E-state index in [1.54, 1.807) is 30.3 Å². The summed E-state index contributed by atoms with van der Waals surface area (Å²) in [5, 5.41) is 12.0. The van der Waals surface area contributed by atoms with E-state index in [1.165, 1.54) is 12.4 Å². The van der Waals surface area contributed by atoms with E-state index in [1.807, 2.05) is 24.3 Å². The zero-order valence-corrected chi connectivity index (χ0v) is 17.6. The van der Waals surface area contributed by atoms with Gasteiger partial charge in [0.25, 0.3) is 5.95 Å². The summed E-state index contributed by atoms with van der Waals surface area (Å²) in [5.74, 6) is 0.747. The van der Waals surface area contributed by atoms with Gasteiger partial charge in [0.1, 0.15) is 30.7 Å². The van der Waals surface area contributed by atoms with Gasteiger partial charge in [-0.05, 0) is 35.7 Å². The number of aromatic amines is 1. The number of benzene rings is 2. The molecule has 0 saturated carbocycles. The van der Waals surface area contributed by atoms with Crippen LogP contribution in [0.3, 0.4) is 0 Å². The number of rotatable bonds is 9. The Bertz CT molecular complexity index is 1290. The van der Waals surface area contributed by atoms with Crippen LogP contribution in [0.15, 0.2) is 71.8 Å². The van der Waals surface area contributed by atoms with Gasteiger partial charge in [-0.1, -0.05) is 36.4 Å². The number of nitrogens with one attached hydrogen (secondary N) is 2. The molecule has 2 aromatic heterocycles. The van der Waals surface area contributed by atoms with Gasteiger partial charge in [0.2, 0.25) is 0 Å². The van der Waals surface area contributed by atoms with Crippen LogP contribution in [0, 0.1) is 5.41 Å². The fourth-order valence-corrected chi connectivity index (χ4v) is 3.44. The number of nitrogen functional groups attached to an aromatic ring is 1. The Morgan fingerprint density at radius 3 is 2.61 bits per heavy atom. The van der Waals surface area contributed by atoms with Gasteiger partial charge in [-0.25, -0.2) is 19.2 Å². The van der Waals surface area contributed by atoms with Crippen LogP contribution in [0.25, 0.3) is 5.95 Å². The van der Waals surface area contributed by atoms with Crippen molar-refractivity contribution in [3.63, 3.8) is 0 Å². The Kier molecular flexibility index (Phi) is 6.53. The molecule has 168 valence electrons. The molecule has 0 aliphatic rings. The third-order valence-electron chi connectivity index (χ3n) is 5.02. The van der Waals surface area contributed by atoms with Gasteiger partial charge in [0.15, 0.2) is 0 Å². The second kappa shape index (κ2) is 9.86. The number of amidine groups is 1. The quantitative estimate of drug-likeness (QED) is 0.266. The lowest BCUT2D eigenvalue weighted by atomic mass is 9.91. The first-order valence-corrected chi connectivity index (χ1v) is 10.2. The first-order chi connectivity index (χ1) is 16.0. The van der Waals surface area contributed by atoms with Crippen LogP contribution in [0.2, 0.25) is 0 Å². The topological polar surface area (TPSA) is 136 Å². The van der Waals surface area contributed by atoms with Crippen molar-refractivity contribution in [2.45, 2.75) is 12.3 Å². The molecule has 2 aromatic carbocycles. The Morgan fingerprint density at radius 1 is 1.15 bits per heavy atom. The molecular formula is C23H22FN7O2. The van der Waals surface area contributed by atoms with Gasteiger partial charge in [-0.2, -0.15) is 0 Å². The highest BCUT2D eigenvalue weighted by Crippen LogP contribution is 2.29. The molecule has 0 aliphatic heterocycles. The van der Waals surface area contributed by atoms with Crippen LogP contribution >= 0.6 is 0 Å². The summed E-state index contributed by atoms with van der Waals surface area (Å²) >= 11 is 0. The number of ether oxygens (including phenoxy) is 1. The Hall–Kier alpha value is -4.34. The molecule has 4 N–H and O–H groups in total. The van der Waals surface area contributed by atoms with E-state index in [0.29, 0.717) is 23.6 Å². The van der Waals surface area contributed by atoms with Crippen molar-refractivity contribution in [2.75, 3.05) is 13.3 Å². The lowest BCUT2D eigenvalue weighted by Gasteiger charge is -2.16. The molecule has 0 amide bonds. The van der Waals surface area contributed by atoms with Gasteiger partial charge in [-0.15, -0.1) is 9.78 Å². The monoisotopic (exact) mass is 447 g/mol. The van der Waals surface area contributed by atoms with E-state index >= 15 is 0 Å². The maximum absolute atomic E-state index is 12.6. The van der Waals surface area contributed by atoms with Crippen molar-refractivity contribution in [1.29, 1.82) is 5.41 Å². The third kappa shape index (κ3) is 5.12. The van der Waals surface area contributed by atoms with Gasteiger partial charge in [0, 0.05) is 23.9 Å². The highest BCUT2D eigenvalue weighted by Gasteiger charge is 2.22. The number of halogens is 1. The summed E-state index contributed by atoms with van der Waals surface area (Å²) in [6.07, 6.45) is 3.55. The predicted molar refractivity (Wildman–Crippen MR) is 121 cm³/mol. The van der Waals surface area contributed by atoms with Crippen LogP contribution in [0.1, 0.15) is 28.4 Å². The van der Waals surface area contributed by atoms with Crippen molar-refractivity contribution in [1.82, 2.24) is 24.7 Å². The molecule has 0 fully saturated rings. The van der Waals surface area contributed by atoms with Gasteiger partial charge in [-0.3, -0.25) is 10.4 Å². The Morgan fingerprint density at radius 2 is 1.91 bits per heavy atom. The largest absolute Gasteiger partial charge is 0.491 e. The summed E-state index contributed by atoms with van der Waals surface area (Å²) in [6.45, 7) is -0.637. The molecule has 9 nitrogen and oxygen atoms in total. The van der Waals surface area contributed by atoms with E-state index < -0.39 is 12.4 Å². The van der Waals surface area contributed by atoms with Crippen molar-refractivity contribution in [3.8, 4) is 11.7 Å². The second-order valence-electron chi connectivity index (χ2n) is 7.25. The molecule has 0 saturated heterocycles. The number of alkyl halides is 1. The van der Waals surface area contributed by atoms with Crippen LogP contribution in [-0.4, -0.2) is 43.8 Å². The molecule has 4 rings (SSSR count). The lowest BCUT2D eigenvalue weighted by molar-refractivity contribution is 0.273. The van der Waals surface area contributed by atoms with Crippen LogP contribution < -0.4 is 16.2 Å². The van der Waals surface area contributed by atoms with Crippen molar-refractivity contribution in [2.24, 2.45) is 5.73 Å². The summed E-state index contributed by atoms with van der Waals surface area (Å²) in [5.41, 5.74) is 7.50. The molecule has 0 radical (unpaired) electrons. The Labute approximate surface area is 188 Å². The highest BCUT2D eigenvalue weighted by atomic mass is 19.1. The molecule has 0 spiro atoms. The molecule has 4 aromatic rings. The van der Waals surface area contributed by atoms with Crippen molar-refractivity contribution >= 4 is 5.84 Å². The highest BCUT2D eigenvalue weighted by molar-refractivity contribution is 5.94. The minimum absolute atomic E-state index is 0.0123. The maximum atomic E-state index is 12.6. The Balaban J connectivity index is 1.73. The summed E-state index contributed by atoms with van der Waals surface area (Å²) in [4.78, 5) is 23.6. The molecule has 1 atom stereocenters. The fourth-order valence-electron chi connectivity index (χ4n) is 3.44. The molecule has 2 heterocycles. The molecule has 1 unspecified atom stereocenters. The summed E-state index contributed by atoms with van der Waals surface area (Å²) in [7, 11) is 0. The number of H-pyrrole nitrogens is 1. The molecule has 0 aliphatic carbocycles. The van der Waals surface area contributed by atoms with E-state index in [4.69, 9.17) is 15.9 Å². The number of aromatic nitrogens is 5. The van der Waals surface area contributed by atoms with Crippen molar-refractivity contribution < 1.29 is 9.13 Å². The van der Waals surface area contributed by atoms with Crippen LogP contribution in [0.4, 0.5) is 4.39 Å². The predicted octanol–water partition coefficient (Wildman–Crippen LogP) is 2.36. The number of hydrogen-bond donors (Lipinski definition) is 3. The normalized spacial score (nSPS) is 11.8. The summed E-state index contributed by atoms with van der Waals surface area (Å²) < 4.78 is 19.1. The number of nitrogens with zero attached hydrogens (tertiary/aromatic N) is 4. The van der Waals surface area contributed by atoms with Gasteiger partial charge >= 0.3 is 5.69 Å². The minimum Gasteiger partial charge on any atom is -0.491 e. The molecule has 33 heavy (non-hydrogen) atoms. The van der Waals surface area contributed by atoms with Crippen LogP contribution in [0.5, 0.6) is 5.75 Å². The first kappa shape index (κ1) is 21.9. The van der Waals surface area contributed by atoms with Gasteiger partial charge in [0.05, 0.1) is 0 Å². The van der Waals surface area contributed by atoms with Crippen molar-refractivity contribution in [3.05, 3.63) is 100.0 Å². The molecular weight excluding hydrogens is 425 g/mol. The first-order valence-electron chi connectivity index (χ1n) is 10.2. The average molecular weight is 447 g/mol. The second-order valence-corrected chi connectivity index (χ2v) is 7.25. The van der Waals surface area contributed by atoms with E-state index in [0.717, 1.165) is 15.8 Å². The smallest absolute Gasteiger partial charge is 0.350 e. The number of hydrogen-bond acceptors (Lipinski definition) is 6. The molecule has 0 bridgehead atoms. The molecule has 10 heteroatoms. The third-order valence-corrected chi connectivity index (χ3v) is 5.02. The maximum Gasteiger partial charge on any atom is 0.350 e. The van der Waals surface area contributed by atoms with Crippen LogP contribution in [-0.2, 0) is 6.42 Å². The summed E-state index contributed by atoms with van der Waals surface area (Å²) in [6, 6.07) is 16.2. The SMILES string of the molecule is N=C(N)c1ccc(CC(c2cccc(OCCF)c2)c2nn(-c3ncccn3)c(=O)[nH]2)cc1. The van der Waals surface area contributed by atoms with Gasteiger partial charge < -0.3 is 10.5 Å². The zero-order valence-electron chi connectivity index (χ0n) is 17.6. The van der Waals surface area contributed by atoms with E-state index in [2.05, 4.69) is 20.1 Å². The average Bonchev–Trinajstić information content (AvgIpc) is 3.23. The standard InChI is InChI=1S/C23H22FN7O2/c24-9-12-33-18-4-1-3-17(14-18)19(13-15-5-7-16(8-6-15)20(25)26)21-29-23(32)31(30-21)22-27-10-2-11-28-22/h1-8,10-11,14,19H,9,12-13H2,(H3,25,26)(H,29,30,32). The van der Waals surface area contributed by atoms with E-state index in [9.17, 15) is 9.18 Å².